The van der Waals surface area contributed by atoms with Crippen LogP contribution in [-0.4, -0.2) is 41.4 Å². The number of hydrogen-bond acceptors (Lipinski definition) is 4. The van der Waals surface area contributed by atoms with Crippen molar-refractivity contribution in [2.75, 3.05) is 13.1 Å². The van der Waals surface area contributed by atoms with E-state index in [2.05, 4.69) is 0 Å². The molecule has 4 heteroatoms. The van der Waals surface area contributed by atoms with Crippen molar-refractivity contribution in [3.05, 3.63) is 0 Å². The van der Waals surface area contributed by atoms with Gasteiger partial charge in [-0.2, -0.15) is 0 Å². The van der Waals surface area contributed by atoms with E-state index >= 15 is 0 Å². The van der Waals surface area contributed by atoms with Crippen molar-refractivity contribution in [1.29, 1.82) is 0 Å². The van der Waals surface area contributed by atoms with Crippen LogP contribution in [-0.2, 0) is 14.4 Å². The fourth-order valence-corrected chi connectivity index (χ4v) is 1.35. The minimum absolute atomic E-state index is 0.124. The smallest absolute Gasteiger partial charge is 0.164 e. The SMILES string of the molecule is CC(=O)CC(=O)C(C(C)=O)N1CC1. The second-order valence-electron chi connectivity index (χ2n) is 3.39. The van der Waals surface area contributed by atoms with E-state index in [0.717, 1.165) is 13.1 Å². The zero-order chi connectivity index (χ0) is 10.0. The van der Waals surface area contributed by atoms with Crippen molar-refractivity contribution in [3.8, 4) is 0 Å². The topological polar surface area (TPSA) is 54.2 Å². The molecule has 13 heavy (non-hydrogen) atoms. The molecule has 0 N–H and O–H groups in total. The Balaban J connectivity index is 2.58. The molecule has 0 aromatic carbocycles. The number of nitrogens with zero attached hydrogens (tertiary/aromatic N) is 1. The van der Waals surface area contributed by atoms with E-state index in [1.54, 1.807) is 4.90 Å². The van der Waals surface area contributed by atoms with Gasteiger partial charge in [0.15, 0.2) is 11.6 Å². The van der Waals surface area contributed by atoms with Crippen LogP contribution in [0.2, 0.25) is 0 Å². The summed E-state index contributed by atoms with van der Waals surface area (Å²) in [5.41, 5.74) is 0. The van der Waals surface area contributed by atoms with Crippen molar-refractivity contribution < 1.29 is 14.4 Å². The number of Topliss-reactive ketones (excluding diaryl/α,β-unsaturated/α-hetero) is 3. The van der Waals surface area contributed by atoms with Crippen LogP contribution in [0, 0.1) is 0 Å². The highest BCUT2D eigenvalue weighted by Crippen LogP contribution is 2.13. The van der Waals surface area contributed by atoms with Gasteiger partial charge in [-0.3, -0.25) is 19.3 Å². The van der Waals surface area contributed by atoms with Crippen LogP contribution in [0.1, 0.15) is 20.3 Å². The lowest BCUT2D eigenvalue weighted by molar-refractivity contribution is -0.132. The van der Waals surface area contributed by atoms with Gasteiger partial charge in [0, 0.05) is 13.1 Å². The zero-order valence-corrected chi connectivity index (χ0v) is 7.87. The van der Waals surface area contributed by atoms with Gasteiger partial charge in [0.2, 0.25) is 0 Å². The molecule has 0 radical (unpaired) electrons. The molecule has 1 aliphatic heterocycles. The molecule has 0 amide bonds. The van der Waals surface area contributed by atoms with Crippen molar-refractivity contribution >= 4 is 17.3 Å². The van der Waals surface area contributed by atoms with Crippen molar-refractivity contribution in [2.45, 2.75) is 26.3 Å². The molecule has 1 rings (SSSR count). The summed E-state index contributed by atoms with van der Waals surface area (Å²) < 4.78 is 0. The molecule has 72 valence electrons. The van der Waals surface area contributed by atoms with Crippen LogP contribution in [0.4, 0.5) is 0 Å². The van der Waals surface area contributed by atoms with Gasteiger partial charge in [-0.15, -0.1) is 0 Å². The van der Waals surface area contributed by atoms with Crippen molar-refractivity contribution in [3.63, 3.8) is 0 Å². The molecule has 4 nitrogen and oxygen atoms in total. The average Bonchev–Trinajstić information content (AvgIpc) is 2.68. The van der Waals surface area contributed by atoms with Crippen LogP contribution < -0.4 is 0 Å². The standard InChI is InChI=1S/C9H13NO3/c1-6(11)5-8(13)9(7(2)12)10-3-4-10/h9H,3-5H2,1-2H3. The molecule has 1 unspecified atom stereocenters. The van der Waals surface area contributed by atoms with Gasteiger partial charge in [0.1, 0.15) is 11.8 Å². The first kappa shape index (κ1) is 10.1. The molecule has 1 fully saturated rings. The summed E-state index contributed by atoms with van der Waals surface area (Å²) in [6.07, 6.45) is -0.124. The van der Waals surface area contributed by atoms with Crippen molar-refractivity contribution in [1.82, 2.24) is 4.90 Å². The molecule has 1 saturated heterocycles. The Bertz CT molecular complexity index is 256. The maximum atomic E-state index is 11.4. The van der Waals surface area contributed by atoms with Crippen LogP contribution in [0.15, 0.2) is 0 Å². The maximum Gasteiger partial charge on any atom is 0.164 e. The lowest BCUT2D eigenvalue weighted by Gasteiger charge is -2.11. The predicted octanol–water partition coefficient (Wildman–Crippen LogP) is -0.192. The van der Waals surface area contributed by atoms with Crippen LogP contribution in [0.3, 0.4) is 0 Å². The third-order valence-electron chi connectivity index (χ3n) is 1.96. The third kappa shape index (κ3) is 2.73. The monoisotopic (exact) mass is 183 g/mol. The number of ketones is 3. The average molecular weight is 183 g/mol. The Labute approximate surface area is 76.9 Å². The van der Waals surface area contributed by atoms with Gasteiger partial charge in [0.05, 0.1) is 6.42 Å². The molecule has 1 aliphatic rings. The fraction of sp³-hybridized carbons (Fsp3) is 0.667. The van der Waals surface area contributed by atoms with E-state index in [9.17, 15) is 14.4 Å². The number of carbonyl (C=O) groups excluding carboxylic acids is 3. The summed E-state index contributed by atoms with van der Waals surface area (Å²) in [5, 5.41) is 0. The van der Waals surface area contributed by atoms with Gasteiger partial charge >= 0.3 is 0 Å². The second-order valence-corrected chi connectivity index (χ2v) is 3.39. The van der Waals surface area contributed by atoms with E-state index in [1.807, 2.05) is 0 Å². The molecule has 0 aliphatic carbocycles. The molecular weight excluding hydrogens is 170 g/mol. The molecule has 0 saturated carbocycles. The lowest BCUT2D eigenvalue weighted by atomic mass is 10.0. The first-order valence-electron chi connectivity index (χ1n) is 4.29. The Morgan fingerprint density at radius 3 is 2.08 bits per heavy atom. The van der Waals surface area contributed by atoms with E-state index in [1.165, 1.54) is 13.8 Å². The van der Waals surface area contributed by atoms with Gasteiger partial charge in [-0.05, 0) is 13.8 Å². The molecule has 0 aromatic heterocycles. The van der Waals surface area contributed by atoms with E-state index in [-0.39, 0.29) is 23.8 Å². The Morgan fingerprint density at radius 1 is 1.23 bits per heavy atom. The molecular formula is C9H13NO3. The largest absolute Gasteiger partial charge is 0.300 e. The lowest BCUT2D eigenvalue weighted by Crippen LogP contribution is -2.36. The summed E-state index contributed by atoms with van der Waals surface area (Å²) in [6, 6.07) is -0.663. The number of rotatable bonds is 5. The van der Waals surface area contributed by atoms with Gasteiger partial charge in [-0.1, -0.05) is 0 Å². The Kier molecular flexibility index (Phi) is 2.93. The normalized spacial score (nSPS) is 18.0. The first-order chi connectivity index (χ1) is 6.02. The Hall–Kier alpha value is -1.03. The molecule has 1 atom stereocenters. The minimum Gasteiger partial charge on any atom is -0.300 e. The fourth-order valence-electron chi connectivity index (χ4n) is 1.35. The van der Waals surface area contributed by atoms with Crippen LogP contribution in [0.5, 0.6) is 0 Å². The van der Waals surface area contributed by atoms with E-state index < -0.39 is 6.04 Å². The van der Waals surface area contributed by atoms with Crippen molar-refractivity contribution in [2.24, 2.45) is 0 Å². The summed E-state index contributed by atoms with van der Waals surface area (Å²) in [5.74, 6) is -0.612. The minimum atomic E-state index is -0.663. The van der Waals surface area contributed by atoms with E-state index in [4.69, 9.17) is 0 Å². The molecule has 1 heterocycles. The van der Waals surface area contributed by atoms with Crippen LogP contribution in [0.25, 0.3) is 0 Å². The summed E-state index contributed by atoms with van der Waals surface area (Å²) in [7, 11) is 0. The molecule has 0 aromatic rings. The first-order valence-corrected chi connectivity index (χ1v) is 4.29. The van der Waals surface area contributed by atoms with Crippen LogP contribution >= 0.6 is 0 Å². The number of carbonyl (C=O) groups is 3. The van der Waals surface area contributed by atoms with Gasteiger partial charge in [0.25, 0.3) is 0 Å². The Morgan fingerprint density at radius 2 is 1.77 bits per heavy atom. The molecule has 0 bridgehead atoms. The third-order valence-corrected chi connectivity index (χ3v) is 1.96. The number of hydrogen-bond donors (Lipinski definition) is 0. The van der Waals surface area contributed by atoms with Gasteiger partial charge < -0.3 is 0 Å². The second kappa shape index (κ2) is 3.79. The maximum absolute atomic E-state index is 11.4. The summed E-state index contributed by atoms with van der Waals surface area (Å²) in [4.78, 5) is 34.9. The van der Waals surface area contributed by atoms with Gasteiger partial charge in [-0.25, -0.2) is 0 Å². The predicted molar refractivity (Wildman–Crippen MR) is 46.3 cm³/mol. The highest BCUT2D eigenvalue weighted by atomic mass is 16.2. The van der Waals surface area contributed by atoms with E-state index in [0.29, 0.717) is 0 Å². The summed E-state index contributed by atoms with van der Waals surface area (Å²) >= 11 is 0. The highest BCUT2D eigenvalue weighted by molar-refractivity contribution is 6.11. The molecule has 0 spiro atoms. The quantitative estimate of drug-likeness (QED) is 0.438. The summed E-state index contributed by atoms with van der Waals surface area (Å²) in [6.45, 7) is 4.32. The highest BCUT2D eigenvalue weighted by Gasteiger charge is 2.36. The zero-order valence-electron chi connectivity index (χ0n) is 7.87.